The van der Waals surface area contributed by atoms with E-state index in [2.05, 4.69) is 10.6 Å². The Morgan fingerprint density at radius 2 is 1.67 bits per heavy atom. The number of alkyl carbamates (subject to hydrolysis) is 1. The molecule has 0 aliphatic carbocycles. The van der Waals surface area contributed by atoms with E-state index >= 15 is 0 Å². The number of rotatable bonds is 7. The molecule has 10 heteroatoms. The molecule has 2 amide bonds. The number of hydrogen-bond acceptors (Lipinski definition) is 7. The molecule has 1 heterocycles. The molecule has 10 nitrogen and oxygen atoms in total. The Morgan fingerprint density at radius 3 is 2.27 bits per heavy atom. The monoisotopic (exact) mass is 452 g/mol. The first-order chi connectivity index (χ1) is 15.7. The van der Waals surface area contributed by atoms with Gasteiger partial charge in [-0.3, -0.25) is 9.59 Å². The zero-order chi connectivity index (χ0) is 24.0. The molecule has 0 radical (unpaired) electrons. The Balaban J connectivity index is 1.91. The van der Waals surface area contributed by atoms with Crippen molar-refractivity contribution in [2.75, 3.05) is 11.6 Å². The minimum Gasteiger partial charge on any atom is -0.538 e. The predicted octanol–water partition coefficient (Wildman–Crippen LogP) is 1.46. The lowest BCUT2D eigenvalue weighted by molar-refractivity contribution is -0.752. The van der Waals surface area contributed by atoms with Crippen LogP contribution in [-0.4, -0.2) is 35.2 Å². The molecule has 0 aliphatic heterocycles. The summed E-state index contributed by atoms with van der Waals surface area (Å²) in [5.74, 6) is -2.30. The van der Waals surface area contributed by atoms with E-state index in [1.165, 1.54) is 12.1 Å². The van der Waals surface area contributed by atoms with Crippen molar-refractivity contribution in [1.82, 2.24) is 10.6 Å². The molecular weight excluding hydrogens is 428 g/mol. The van der Waals surface area contributed by atoms with Crippen LogP contribution in [0.5, 0.6) is 5.95 Å². The van der Waals surface area contributed by atoms with Gasteiger partial charge >= 0.3 is 11.8 Å². The number of hydrogen-bond donors (Lipinski definition) is 1. The summed E-state index contributed by atoms with van der Waals surface area (Å²) in [5.41, 5.74) is -0.262. The summed E-state index contributed by atoms with van der Waals surface area (Å²) in [6, 6.07) is 17.0. The van der Waals surface area contributed by atoms with Crippen molar-refractivity contribution < 1.29 is 33.5 Å². The Kier molecular flexibility index (Phi) is 7.07. The van der Waals surface area contributed by atoms with Gasteiger partial charge in [-0.1, -0.05) is 65.7 Å². The number of ketones is 1. The van der Waals surface area contributed by atoms with Crippen molar-refractivity contribution in [3.05, 3.63) is 77.5 Å². The molecule has 0 unspecified atom stereocenters. The Bertz CT molecular complexity index is 1120. The summed E-state index contributed by atoms with van der Waals surface area (Å²) in [4.78, 5) is 38.9. The molecule has 1 aromatic heterocycles. The van der Waals surface area contributed by atoms with Crippen LogP contribution in [0, 0.1) is 0 Å². The average Bonchev–Trinajstić information content (AvgIpc) is 3.16. The highest BCUT2D eigenvalue weighted by atomic mass is 16.6. The van der Waals surface area contributed by atoms with Gasteiger partial charge in [-0.05, 0) is 26.3 Å². The third-order valence-corrected chi connectivity index (χ3v) is 4.32. The van der Waals surface area contributed by atoms with Gasteiger partial charge in [0.15, 0.2) is 5.95 Å². The maximum atomic E-state index is 13.1. The number of nitrogens with one attached hydrogen (secondary N) is 1. The molecule has 0 atom stereocenters. The van der Waals surface area contributed by atoms with Crippen LogP contribution in [0.2, 0.25) is 0 Å². The van der Waals surface area contributed by atoms with Gasteiger partial charge in [-0.25, -0.2) is 4.79 Å². The fourth-order valence-electron chi connectivity index (χ4n) is 2.89. The molecular formula is C23H24N4O6. The number of benzene rings is 2. The highest BCUT2D eigenvalue weighted by Gasteiger charge is 2.35. The number of carbonyl (C=O) groups excluding carboxylic acids is 3. The van der Waals surface area contributed by atoms with Crippen LogP contribution in [0.15, 0.2) is 65.2 Å². The number of carbonyl (C=O) groups is 3. The largest absolute Gasteiger partial charge is 0.538 e. The first-order valence-electron chi connectivity index (χ1n) is 10.2. The fraction of sp³-hybridized carbons (Fsp3) is 0.261. The van der Waals surface area contributed by atoms with E-state index in [0.717, 1.165) is 9.80 Å². The summed E-state index contributed by atoms with van der Waals surface area (Å²) in [6.45, 7) is 4.58. The van der Waals surface area contributed by atoms with Crippen LogP contribution in [0.3, 0.4) is 0 Å². The van der Waals surface area contributed by atoms with Gasteiger partial charge < -0.3 is 19.7 Å². The maximum absolute atomic E-state index is 13.1. The molecule has 0 saturated carbocycles. The highest BCUT2D eigenvalue weighted by Crippen LogP contribution is 2.14. The van der Waals surface area contributed by atoms with E-state index < -0.39 is 41.6 Å². The lowest BCUT2D eigenvalue weighted by atomic mass is 10.1. The molecule has 0 fully saturated rings. The minimum absolute atomic E-state index is 0.0403. The second kappa shape index (κ2) is 9.94. The summed E-state index contributed by atoms with van der Waals surface area (Å²) in [7, 11) is 0. The standard InChI is InChI=1S/C23H24N4O6/c1-23(2,3)32-22(31)24-14-18(28)26(15-16-10-6-4-7-11-16)27-19(21(30)33-25-27)20(29)17-12-8-5-9-13-17/h4-13H,14-15H2,1-3H3,(H-,24,25,29,30,31). The molecule has 0 bridgehead atoms. The number of amides is 2. The van der Waals surface area contributed by atoms with Crippen LogP contribution in [-0.2, 0) is 16.1 Å². The Morgan fingerprint density at radius 1 is 1.06 bits per heavy atom. The van der Waals surface area contributed by atoms with Crippen molar-refractivity contribution in [3.8, 4) is 5.95 Å². The summed E-state index contributed by atoms with van der Waals surface area (Å²) in [5, 5.41) is 19.4. The zero-order valence-corrected chi connectivity index (χ0v) is 18.5. The highest BCUT2D eigenvalue weighted by molar-refractivity contribution is 6.07. The van der Waals surface area contributed by atoms with Crippen molar-refractivity contribution in [3.63, 3.8) is 0 Å². The summed E-state index contributed by atoms with van der Waals surface area (Å²) < 4.78 is 9.88. The van der Waals surface area contributed by atoms with Gasteiger partial charge in [0.1, 0.15) is 24.0 Å². The molecule has 0 aliphatic rings. The second-order valence-corrected chi connectivity index (χ2v) is 8.09. The van der Waals surface area contributed by atoms with Crippen LogP contribution >= 0.6 is 0 Å². The molecule has 33 heavy (non-hydrogen) atoms. The average molecular weight is 452 g/mol. The van der Waals surface area contributed by atoms with Gasteiger partial charge in [0.25, 0.3) is 11.7 Å². The van der Waals surface area contributed by atoms with Crippen molar-refractivity contribution >= 4 is 17.8 Å². The van der Waals surface area contributed by atoms with Crippen LogP contribution < -0.4 is 20.2 Å². The lowest BCUT2D eigenvalue weighted by Crippen LogP contribution is -2.65. The molecule has 3 rings (SSSR count). The molecule has 2 aromatic carbocycles. The topological polar surface area (TPSA) is 129 Å². The van der Waals surface area contributed by atoms with E-state index in [-0.39, 0.29) is 12.1 Å². The third kappa shape index (κ3) is 6.16. The quantitative estimate of drug-likeness (QED) is 0.424. The lowest BCUT2D eigenvalue weighted by Gasteiger charge is -2.20. The van der Waals surface area contributed by atoms with E-state index in [0.29, 0.717) is 5.56 Å². The molecule has 1 N–H and O–H groups in total. The van der Waals surface area contributed by atoms with Crippen molar-refractivity contribution in [2.24, 2.45) is 0 Å². The maximum Gasteiger partial charge on any atom is 0.408 e. The number of ether oxygens (including phenoxy) is 1. The third-order valence-electron chi connectivity index (χ3n) is 4.32. The Labute approximate surface area is 190 Å². The van der Waals surface area contributed by atoms with Gasteiger partial charge in [-0.2, -0.15) is 0 Å². The Hall–Kier alpha value is -4.21. The molecule has 3 aromatic rings. The van der Waals surface area contributed by atoms with Crippen LogP contribution in [0.25, 0.3) is 0 Å². The second-order valence-electron chi connectivity index (χ2n) is 8.09. The SMILES string of the molecule is CC(C)(C)OC(=O)NCC(=O)N(Cc1ccccc1)[n+]1noc([O-])c1C(=O)c1ccccc1. The number of aromatic nitrogens is 2. The number of nitrogens with zero attached hydrogens (tertiary/aromatic N) is 3. The summed E-state index contributed by atoms with van der Waals surface area (Å²) >= 11 is 0. The first kappa shape index (κ1) is 23.5. The van der Waals surface area contributed by atoms with Gasteiger partial charge in [0.2, 0.25) is 0 Å². The first-order valence-corrected chi connectivity index (χ1v) is 10.2. The van der Waals surface area contributed by atoms with E-state index in [4.69, 9.17) is 9.26 Å². The molecule has 172 valence electrons. The van der Waals surface area contributed by atoms with Crippen molar-refractivity contribution in [1.29, 1.82) is 0 Å². The molecule has 0 spiro atoms. The zero-order valence-electron chi connectivity index (χ0n) is 18.5. The van der Waals surface area contributed by atoms with E-state index in [1.54, 1.807) is 63.2 Å². The van der Waals surface area contributed by atoms with Crippen LogP contribution in [0.1, 0.15) is 42.4 Å². The van der Waals surface area contributed by atoms with Crippen molar-refractivity contribution in [2.45, 2.75) is 32.9 Å². The molecule has 0 saturated heterocycles. The predicted molar refractivity (Wildman–Crippen MR) is 114 cm³/mol. The van der Waals surface area contributed by atoms with E-state index in [1.807, 2.05) is 6.07 Å². The minimum atomic E-state index is -0.991. The van der Waals surface area contributed by atoms with Gasteiger partial charge in [0.05, 0.1) is 4.79 Å². The van der Waals surface area contributed by atoms with Crippen LogP contribution in [0.4, 0.5) is 4.79 Å². The van der Waals surface area contributed by atoms with Gasteiger partial charge in [0, 0.05) is 5.56 Å². The van der Waals surface area contributed by atoms with E-state index in [9.17, 15) is 19.5 Å². The normalized spacial score (nSPS) is 11.0. The smallest absolute Gasteiger partial charge is 0.408 e. The fourth-order valence-corrected chi connectivity index (χ4v) is 2.89. The van der Waals surface area contributed by atoms with Gasteiger partial charge in [-0.15, -0.1) is 0 Å². The summed E-state index contributed by atoms with van der Waals surface area (Å²) in [6.07, 6.45) is -0.786.